The van der Waals surface area contributed by atoms with Crippen molar-refractivity contribution in [3.8, 4) is 0 Å². The van der Waals surface area contributed by atoms with E-state index in [9.17, 15) is 9.59 Å². The van der Waals surface area contributed by atoms with Gasteiger partial charge in [-0.25, -0.2) is 9.59 Å². The summed E-state index contributed by atoms with van der Waals surface area (Å²) in [7, 11) is 0. The highest BCUT2D eigenvalue weighted by molar-refractivity contribution is 5.92. The molecule has 1 N–H and O–H groups in total. The van der Waals surface area contributed by atoms with E-state index in [2.05, 4.69) is 37.9 Å². The van der Waals surface area contributed by atoms with Crippen molar-refractivity contribution in [1.82, 2.24) is 5.32 Å². The summed E-state index contributed by atoms with van der Waals surface area (Å²) in [4.78, 5) is 24.7. The van der Waals surface area contributed by atoms with Gasteiger partial charge in [0.2, 0.25) is 0 Å². The minimum Gasteiger partial charge on any atom is -0.450 e. The molecule has 32 heavy (non-hydrogen) atoms. The molecule has 0 aromatic heterocycles. The molecule has 1 heterocycles. The number of nitrogens with one attached hydrogen (secondary N) is 1. The summed E-state index contributed by atoms with van der Waals surface area (Å²) in [6.07, 6.45) is 13.9. The smallest absolute Gasteiger partial charge is 0.407 e. The second kappa shape index (κ2) is 11.5. The van der Waals surface area contributed by atoms with Crippen molar-refractivity contribution in [3.05, 3.63) is 46.6 Å². The summed E-state index contributed by atoms with van der Waals surface area (Å²) in [5.74, 6) is -0.214. The number of amides is 1. The summed E-state index contributed by atoms with van der Waals surface area (Å²) in [6.45, 7) is 10.3. The lowest BCUT2D eigenvalue weighted by atomic mass is 9.93. The van der Waals surface area contributed by atoms with Gasteiger partial charge in [0.1, 0.15) is 12.2 Å². The van der Waals surface area contributed by atoms with Crippen LogP contribution in [0.3, 0.4) is 0 Å². The fourth-order valence-electron chi connectivity index (χ4n) is 4.81. The quantitative estimate of drug-likeness (QED) is 0.394. The zero-order chi connectivity index (χ0) is 23.1. The average molecular weight is 442 g/mol. The third-order valence-corrected chi connectivity index (χ3v) is 6.98. The number of fused-ring (bicyclic) bond motifs is 1. The first-order valence-electron chi connectivity index (χ1n) is 12.2. The molecule has 1 saturated carbocycles. The Kier molecular flexibility index (Phi) is 8.77. The maximum atomic E-state index is 12.6. The zero-order valence-corrected chi connectivity index (χ0v) is 20.0. The fraction of sp³-hybridized carbons (Fsp3) is 0.630. The van der Waals surface area contributed by atoms with Crippen molar-refractivity contribution in [3.63, 3.8) is 0 Å². The molecule has 1 aliphatic heterocycles. The van der Waals surface area contributed by atoms with Crippen LogP contribution in [-0.2, 0) is 14.3 Å². The Morgan fingerprint density at radius 1 is 1.03 bits per heavy atom. The highest BCUT2D eigenvalue weighted by Gasteiger charge is 2.30. The molecule has 176 valence electrons. The summed E-state index contributed by atoms with van der Waals surface area (Å²) in [5, 5.41) is 3.06. The molecule has 0 saturated heterocycles. The van der Waals surface area contributed by atoms with Gasteiger partial charge in [-0.1, -0.05) is 43.1 Å². The first-order chi connectivity index (χ1) is 15.3. The Hall–Kier alpha value is -2.30. The zero-order valence-electron chi connectivity index (χ0n) is 20.0. The van der Waals surface area contributed by atoms with Gasteiger partial charge in [0, 0.05) is 11.6 Å². The number of carbonyl (C=O) groups is 2. The predicted octanol–water partition coefficient (Wildman–Crippen LogP) is 6.46. The van der Waals surface area contributed by atoms with Crippen LogP contribution in [0.2, 0.25) is 0 Å². The lowest BCUT2D eigenvalue weighted by Gasteiger charge is -2.25. The summed E-state index contributed by atoms with van der Waals surface area (Å²) in [5.41, 5.74) is 5.22. The minimum absolute atomic E-state index is 0.214. The van der Waals surface area contributed by atoms with Crippen molar-refractivity contribution < 1.29 is 19.1 Å². The van der Waals surface area contributed by atoms with Crippen LogP contribution in [0.15, 0.2) is 46.6 Å². The van der Waals surface area contributed by atoms with Gasteiger partial charge >= 0.3 is 12.1 Å². The van der Waals surface area contributed by atoms with Gasteiger partial charge in [-0.15, -0.1) is 0 Å². The Balaban J connectivity index is 1.70. The van der Waals surface area contributed by atoms with Crippen LogP contribution in [0.1, 0.15) is 91.4 Å². The van der Waals surface area contributed by atoms with E-state index in [4.69, 9.17) is 9.47 Å². The second-order valence-electron chi connectivity index (χ2n) is 9.65. The second-order valence-corrected chi connectivity index (χ2v) is 9.65. The SMILES string of the molecule is C=C1CC/C=C(\C)CCC2=C(C)C(=O)O[C@H]2/C=C(\C)CC[C@@H]1OC(=O)NC1CCCCC1. The molecule has 2 aliphatic carbocycles. The Bertz CT molecular complexity index is 814. The third-order valence-electron chi connectivity index (χ3n) is 6.98. The van der Waals surface area contributed by atoms with Gasteiger partial charge < -0.3 is 14.8 Å². The topological polar surface area (TPSA) is 64.6 Å². The summed E-state index contributed by atoms with van der Waals surface area (Å²) in [6, 6.07) is 0.223. The van der Waals surface area contributed by atoms with Crippen LogP contribution in [-0.4, -0.2) is 30.3 Å². The lowest BCUT2D eigenvalue weighted by molar-refractivity contribution is -0.138. The Morgan fingerprint density at radius 3 is 2.53 bits per heavy atom. The van der Waals surface area contributed by atoms with Crippen LogP contribution in [0.5, 0.6) is 0 Å². The third kappa shape index (κ3) is 6.85. The van der Waals surface area contributed by atoms with Crippen molar-refractivity contribution in [2.24, 2.45) is 0 Å². The number of carbonyl (C=O) groups excluding carboxylic acids is 2. The molecule has 2 atom stereocenters. The van der Waals surface area contributed by atoms with E-state index in [1.165, 1.54) is 24.8 Å². The molecule has 0 bridgehead atoms. The first kappa shape index (κ1) is 24.3. The van der Waals surface area contributed by atoms with Gasteiger partial charge in [-0.05, 0) is 89.4 Å². The average Bonchev–Trinajstić information content (AvgIpc) is 3.02. The van der Waals surface area contributed by atoms with Gasteiger partial charge in [-0.2, -0.15) is 0 Å². The largest absolute Gasteiger partial charge is 0.450 e. The maximum Gasteiger partial charge on any atom is 0.407 e. The number of allylic oxidation sites excluding steroid dienone is 3. The number of alkyl carbamates (subject to hydrolysis) is 1. The fourth-order valence-corrected chi connectivity index (χ4v) is 4.81. The maximum absolute atomic E-state index is 12.6. The molecular weight excluding hydrogens is 402 g/mol. The molecule has 3 rings (SSSR count). The Morgan fingerprint density at radius 2 is 1.78 bits per heavy atom. The highest BCUT2D eigenvalue weighted by atomic mass is 16.6. The van der Waals surface area contributed by atoms with Crippen LogP contribution in [0.4, 0.5) is 4.79 Å². The summed E-state index contributed by atoms with van der Waals surface area (Å²) < 4.78 is 11.5. The number of hydrogen-bond acceptors (Lipinski definition) is 4. The minimum atomic E-state index is -0.330. The van der Waals surface area contributed by atoms with Crippen LogP contribution < -0.4 is 5.32 Å². The van der Waals surface area contributed by atoms with E-state index in [0.717, 1.165) is 67.2 Å². The van der Waals surface area contributed by atoms with E-state index < -0.39 is 0 Å². The van der Waals surface area contributed by atoms with Crippen molar-refractivity contribution in [2.45, 2.75) is 110 Å². The standard InChI is InChI=1S/C27H39NO4/c1-18-9-8-10-20(3)24(32-27(30)28-22-11-6-5-7-12-22)16-14-19(2)17-25-23(15-13-18)21(4)26(29)31-25/h9,17,22,24-25H,3,5-8,10-16H2,1-2,4H3,(H,28,30)/b18-9+,19-17+/t24-,25-/m0/s1. The summed E-state index contributed by atoms with van der Waals surface area (Å²) >= 11 is 0. The van der Waals surface area contributed by atoms with Gasteiger partial charge in [-0.3, -0.25) is 0 Å². The first-order valence-corrected chi connectivity index (χ1v) is 12.2. The van der Waals surface area contributed by atoms with Gasteiger partial charge in [0.25, 0.3) is 0 Å². The number of hydrogen-bond donors (Lipinski definition) is 1. The van der Waals surface area contributed by atoms with Gasteiger partial charge in [0.05, 0.1) is 0 Å². The van der Waals surface area contributed by atoms with Crippen molar-refractivity contribution in [1.29, 1.82) is 0 Å². The van der Waals surface area contributed by atoms with E-state index in [1.54, 1.807) is 0 Å². The molecule has 0 radical (unpaired) electrons. The molecule has 0 aromatic carbocycles. The van der Waals surface area contributed by atoms with Crippen LogP contribution in [0, 0.1) is 0 Å². The predicted molar refractivity (Wildman–Crippen MR) is 127 cm³/mol. The van der Waals surface area contributed by atoms with Crippen molar-refractivity contribution >= 4 is 12.1 Å². The molecule has 0 aromatic rings. The number of esters is 1. The normalized spacial score (nSPS) is 29.7. The van der Waals surface area contributed by atoms with E-state index in [1.807, 2.05) is 6.92 Å². The highest BCUT2D eigenvalue weighted by Crippen LogP contribution is 2.31. The van der Waals surface area contributed by atoms with E-state index in [0.29, 0.717) is 6.42 Å². The van der Waals surface area contributed by atoms with Gasteiger partial charge in [0.15, 0.2) is 0 Å². The van der Waals surface area contributed by atoms with Crippen LogP contribution in [0.25, 0.3) is 0 Å². The Labute approximate surface area is 193 Å². The molecule has 5 nitrogen and oxygen atoms in total. The van der Waals surface area contributed by atoms with Crippen LogP contribution >= 0.6 is 0 Å². The van der Waals surface area contributed by atoms with E-state index in [-0.39, 0.29) is 30.3 Å². The molecular formula is C27H39NO4. The molecule has 1 amide bonds. The molecule has 5 heteroatoms. The molecule has 0 spiro atoms. The number of rotatable bonds is 2. The van der Waals surface area contributed by atoms with Crippen molar-refractivity contribution in [2.75, 3.05) is 0 Å². The molecule has 3 aliphatic rings. The molecule has 1 fully saturated rings. The lowest BCUT2D eigenvalue weighted by Crippen LogP contribution is -2.38. The monoisotopic (exact) mass is 441 g/mol. The van der Waals surface area contributed by atoms with E-state index >= 15 is 0 Å². The molecule has 0 unspecified atom stereocenters. The number of ether oxygens (including phenoxy) is 2.